The van der Waals surface area contributed by atoms with Crippen LogP contribution in [0, 0.1) is 12.7 Å². The van der Waals surface area contributed by atoms with Gasteiger partial charge in [0.15, 0.2) is 0 Å². The lowest BCUT2D eigenvalue weighted by atomic mass is 9.86. The van der Waals surface area contributed by atoms with Crippen LogP contribution in [0.1, 0.15) is 24.0 Å². The molecule has 0 spiro atoms. The summed E-state index contributed by atoms with van der Waals surface area (Å²) in [5, 5.41) is 3.10. The number of piperidine rings is 1. The zero-order valence-electron chi connectivity index (χ0n) is 15.8. The predicted molar refractivity (Wildman–Crippen MR) is 104 cm³/mol. The summed E-state index contributed by atoms with van der Waals surface area (Å²) in [7, 11) is 0. The number of anilines is 1. The average molecular weight is 385 g/mol. The van der Waals surface area contributed by atoms with Crippen LogP contribution in [0.3, 0.4) is 0 Å². The number of hydrogen-bond donors (Lipinski definition) is 2. The van der Waals surface area contributed by atoms with Crippen LogP contribution >= 0.6 is 0 Å². The van der Waals surface area contributed by atoms with Crippen LogP contribution in [0.15, 0.2) is 48.5 Å². The Labute approximate surface area is 163 Å². The molecule has 2 amide bonds. The molecule has 7 heteroatoms. The van der Waals surface area contributed by atoms with Gasteiger partial charge in [0.1, 0.15) is 18.0 Å². The molecule has 1 heterocycles. The van der Waals surface area contributed by atoms with E-state index >= 15 is 0 Å². The Morgan fingerprint density at radius 3 is 2.46 bits per heavy atom. The predicted octanol–water partition coefficient (Wildman–Crippen LogP) is 3.20. The third kappa shape index (κ3) is 4.60. The Hall–Kier alpha value is -3.09. The van der Waals surface area contributed by atoms with Gasteiger partial charge in [0.25, 0.3) is 0 Å². The number of hydrogen-bond acceptors (Lipinski definition) is 4. The number of benzene rings is 2. The fourth-order valence-corrected chi connectivity index (χ4v) is 3.40. The average Bonchev–Trinajstić information content (AvgIpc) is 2.66. The summed E-state index contributed by atoms with van der Waals surface area (Å²) in [6.45, 7) is 2.60. The van der Waals surface area contributed by atoms with Crippen LogP contribution in [-0.4, -0.2) is 35.5 Å². The Morgan fingerprint density at radius 1 is 1.18 bits per heavy atom. The molecule has 0 aromatic heterocycles. The van der Waals surface area contributed by atoms with E-state index in [1.165, 1.54) is 12.1 Å². The van der Waals surface area contributed by atoms with Crippen LogP contribution in [0.5, 0.6) is 0 Å². The number of nitrogens with zero attached hydrogens (tertiary/aromatic N) is 1. The van der Waals surface area contributed by atoms with Crippen molar-refractivity contribution in [2.45, 2.75) is 31.9 Å². The highest BCUT2D eigenvalue weighted by Gasteiger charge is 2.41. The summed E-state index contributed by atoms with van der Waals surface area (Å²) in [6, 6.07) is 13.9. The van der Waals surface area contributed by atoms with E-state index in [4.69, 9.17) is 10.5 Å². The van der Waals surface area contributed by atoms with Gasteiger partial charge in [-0.25, -0.2) is 9.18 Å². The summed E-state index contributed by atoms with van der Waals surface area (Å²) in [5.74, 6) is -0.907. The van der Waals surface area contributed by atoms with Gasteiger partial charge in [0.05, 0.1) is 0 Å². The lowest BCUT2D eigenvalue weighted by molar-refractivity contribution is -0.123. The standard InChI is InChI=1S/C21H24FN3O3/c1-15-11-17(22)13-18(12-15)24-21(19(23)26)7-9-25(10-8-21)20(27)28-14-16-5-3-2-4-6-16/h2-6,11-13,24H,7-10,14H2,1H3,(H2,23,26). The lowest BCUT2D eigenvalue weighted by Gasteiger charge is -2.40. The molecular weight excluding hydrogens is 361 g/mol. The number of aryl methyl sites for hydroxylation is 1. The van der Waals surface area contributed by atoms with Crippen molar-refractivity contribution in [3.05, 3.63) is 65.5 Å². The summed E-state index contributed by atoms with van der Waals surface area (Å²) < 4.78 is 19.0. The molecule has 148 valence electrons. The number of nitrogens with one attached hydrogen (secondary N) is 1. The van der Waals surface area contributed by atoms with Crippen LogP contribution in [0.2, 0.25) is 0 Å². The molecule has 2 aromatic carbocycles. The third-order valence-electron chi connectivity index (χ3n) is 4.98. The van der Waals surface area contributed by atoms with Gasteiger partial charge in [0, 0.05) is 18.8 Å². The highest BCUT2D eigenvalue weighted by Crippen LogP contribution is 2.28. The van der Waals surface area contributed by atoms with Crippen molar-refractivity contribution < 1.29 is 18.7 Å². The SMILES string of the molecule is Cc1cc(F)cc(NC2(C(N)=O)CCN(C(=O)OCc3ccccc3)CC2)c1. The number of likely N-dealkylation sites (tertiary alicyclic amines) is 1. The highest BCUT2D eigenvalue weighted by atomic mass is 19.1. The molecule has 1 aliphatic heterocycles. The van der Waals surface area contributed by atoms with E-state index in [1.54, 1.807) is 17.9 Å². The molecule has 2 aromatic rings. The van der Waals surface area contributed by atoms with Gasteiger partial charge in [-0.05, 0) is 49.1 Å². The first-order valence-corrected chi connectivity index (χ1v) is 9.19. The van der Waals surface area contributed by atoms with Gasteiger partial charge in [0.2, 0.25) is 5.91 Å². The molecule has 1 fully saturated rings. The van der Waals surface area contributed by atoms with Crippen LogP contribution in [0.4, 0.5) is 14.9 Å². The maximum absolute atomic E-state index is 13.7. The first-order valence-electron chi connectivity index (χ1n) is 9.19. The first kappa shape index (κ1) is 19.7. The van der Waals surface area contributed by atoms with Crippen molar-refractivity contribution in [1.82, 2.24) is 4.90 Å². The third-order valence-corrected chi connectivity index (χ3v) is 4.98. The number of halogens is 1. The fraction of sp³-hybridized carbons (Fsp3) is 0.333. The van der Waals surface area contributed by atoms with E-state index in [9.17, 15) is 14.0 Å². The number of amides is 2. The molecule has 6 nitrogen and oxygen atoms in total. The molecule has 0 radical (unpaired) electrons. The van der Waals surface area contributed by atoms with E-state index in [2.05, 4.69) is 5.32 Å². The number of ether oxygens (including phenoxy) is 1. The monoisotopic (exact) mass is 385 g/mol. The number of primary amides is 1. The molecule has 0 unspecified atom stereocenters. The Kier molecular flexibility index (Phi) is 5.82. The van der Waals surface area contributed by atoms with Crippen LogP contribution < -0.4 is 11.1 Å². The van der Waals surface area contributed by atoms with E-state index < -0.39 is 17.5 Å². The normalized spacial score (nSPS) is 15.7. The summed E-state index contributed by atoms with van der Waals surface area (Å²) in [5.41, 5.74) is 6.76. The maximum Gasteiger partial charge on any atom is 0.410 e. The second-order valence-corrected chi connectivity index (χ2v) is 7.12. The van der Waals surface area contributed by atoms with Gasteiger partial charge in [-0.2, -0.15) is 0 Å². The number of carbonyl (C=O) groups excluding carboxylic acids is 2. The van der Waals surface area contributed by atoms with Gasteiger partial charge < -0.3 is 20.7 Å². The molecule has 3 N–H and O–H groups in total. The minimum atomic E-state index is -1.03. The minimum absolute atomic E-state index is 0.192. The van der Waals surface area contributed by atoms with Crippen molar-refractivity contribution in [3.63, 3.8) is 0 Å². The molecule has 3 rings (SSSR count). The fourth-order valence-electron chi connectivity index (χ4n) is 3.40. The molecule has 28 heavy (non-hydrogen) atoms. The second kappa shape index (κ2) is 8.29. The Bertz CT molecular complexity index is 829. The van der Waals surface area contributed by atoms with E-state index in [0.29, 0.717) is 31.6 Å². The van der Waals surface area contributed by atoms with E-state index in [0.717, 1.165) is 11.1 Å². The number of rotatable bonds is 5. The highest BCUT2D eigenvalue weighted by molar-refractivity contribution is 5.88. The largest absolute Gasteiger partial charge is 0.445 e. The Morgan fingerprint density at radius 2 is 1.86 bits per heavy atom. The van der Waals surface area contributed by atoms with Gasteiger partial charge in [-0.1, -0.05) is 30.3 Å². The number of carbonyl (C=O) groups is 2. The van der Waals surface area contributed by atoms with Gasteiger partial charge in [-0.15, -0.1) is 0 Å². The van der Waals surface area contributed by atoms with Crippen molar-refractivity contribution in [2.24, 2.45) is 5.73 Å². The smallest absolute Gasteiger partial charge is 0.410 e. The molecular formula is C21H24FN3O3. The van der Waals surface area contributed by atoms with E-state index in [1.807, 2.05) is 30.3 Å². The van der Waals surface area contributed by atoms with Gasteiger partial charge >= 0.3 is 6.09 Å². The van der Waals surface area contributed by atoms with Crippen LogP contribution in [-0.2, 0) is 16.1 Å². The summed E-state index contributed by atoms with van der Waals surface area (Å²) in [6.07, 6.45) is 0.208. The zero-order chi connectivity index (χ0) is 20.1. The summed E-state index contributed by atoms with van der Waals surface area (Å²) >= 11 is 0. The molecule has 1 aliphatic rings. The number of nitrogens with two attached hydrogens (primary N) is 1. The van der Waals surface area contributed by atoms with Gasteiger partial charge in [-0.3, -0.25) is 4.79 Å². The first-order chi connectivity index (χ1) is 13.4. The maximum atomic E-state index is 13.7. The topological polar surface area (TPSA) is 84.7 Å². The minimum Gasteiger partial charge on any atom is -0.445 e. The van der Waals surface area contributed by atoms with Crippen molar-refractivity contribution >= 4 is 17.7 Å². The van der Waals surface area contributed by atoms with Crippen molar-refractivity contribution in [2.75, 3.05) is 18.4 Å². The summed E-state index contributed by atoms with van der Waals surface area (Å²) in [4.78, 5) is 26.0. The quantitative estimate of drug-likeness (QED) is 0.828. The van der Waals surface area contributed by atoms with E-state index in [-0.39, 0.29) is 12.4 Å². The molecule has 0 bridgehead atoms. The lowest BCUT2D eigenvalue weighted by Crippen LogP contribution is -2.57. The molecule has 0 atom stereocenters. The molecule has 0 saturated carbocycles. The second-order valence-electron chi connectivity index (χ2n) is 7.12. The molecule has 1 saturated heterocycles. The molecule has 0 aliphatic carbocycles. The van der Waals surface area contributed by atoms with Crippen molar-refractivity contribution in [1.29, 1.82) is 0 Å². The Balaban J connectivity index is 1.61. The van der Waals surface area contributed by atoms with Crippen LogP contribution in [0.25, 0.3) is 0 Å². The zero-order valence-corrected chi connectivity index (χ0v) is 15.8. The van der Waals surface area contributed by atoms with Crippen molar-refractivity contribution in [3.8, 4) is 0 Å².